The number of aromatic nitrogens is 7. The minimum absolute atomic E-state index is 0.0286. The number of anilines is 1. The van der Waals surface area contributed by atoms with Crippen molar-refractivity contribution in [2.45, 2.75) is 6.54 Å². The van der Waals surface area contributed by atoms with Crippen LogP contribution in [0, 0.1) is 5.82 Å². The summed E-state index contributed by atoms with van der Waals surface area (Å²) in [4.78, 5) is 34.0. The maximum atomic E-state index is 13.0. The third-order valence-electron chi connectivity index (χ3n) is 5.05. The fourth-order valence-corrected chi connectivity index (χ4v) is 3.43. The lowest BCUT2D eigenvalue weighted by Gasteiger charge is -2.12. The molecule has 0 atom stereocenters. The van der Waals surface area contributed by atoms with Crippen LogP contribution in [0.25, 0.3) is 33.5 Å². The van der Waals surface area contributed by atoms with E-state index in [4.69, 9.17) is 5.73 Å². The van der Waals surface area contributed by atoms with Crippen LogP contribution < -0.4 is 11.1 Å². The highest BCUT2D eigenvalue weighted by atomic mass is 19.1. The second kappa shape index (κ2) is 8.62. The fourth-order valence-electron chi connectivity index (χ4n) is 3.43. The molecule has 10 nitrogen and oxygen atoms in total. The standard InChI is InChI=1S/C23H18FN9O/c1-33-8-6-17(32-33)20-19(14-4-5-16-13(9-14)3-2-7-26-16)30-21(22(25)31-20)23(34)29-12-18-27-10-15(24)11-28-18/h2-11H,12H2,1H3,(H2,25,31)(H,29,34). The number of hydrogen-bond acceptors (Lipinski definition) is 8. The zero-order valence-corrected chi connectivity index (χ0v) is 18.0. The number of benzene rings is 1. The van der Waals surface area contributed by atoms with E-state index >= 15 is 0 Å². The van der Waals surface area contributed by atoms with Crippen LogP contribution in [0.15, 0.2) is 61.2 Å². The molecule has 0 saturated heterocycles. The molecule has 5 aromatic rings. The second-order valence-electron chi connectivity index (χ2n) is 7.44. The monoisotopic (exact) mass is 455 g/mol. The Balaban J connectivity index is 1.56. The van der Waals surface area contributed by atoms with E-state index in [1.54, 1.807) is 30.2 Å². The molecule has 0 unspecified atom stereocenters. The lowest BCUT2D eigenvalue weighted by molar-refractivity contribution is 0.0945. The van der Waals surface area contributed by atoms with Gasteiger partial charge in [-0.15, -0.1) is 0 Å². The minimum atomic E-state index is -0.564. The van der Waals surface area contributed by atoms with Gasteiger partial charge in [-0.1, -0.05) is 12.1 Å². The number of nitrogens with two attached hydrogens (primary N) is 1. The molecular formula is C23H18FN9O. The highest BCUT2D eigenvalue weighted by Crippen LogP contribution is 2.31. The Kier molecular flexibility index (Phi) is 5.34. The number of rotatable bonds is 5. The molecule has 0 aliphatic carbocycles. The molecule has 5 rings (SSSR count). The van der Waals surface area contributed by atoms with Gasteiger partial charge in [-0.2, -0.15) is 5.10 Å². The summed E-state index contributed by atoms with van der Waals surface area (Å²) in [5.74, 6) is -0.933. The zero-order chi connectivity index (χ0) is 23.7. The van der Waals surface area contributed by atoms with Crippen molar-refractivity contribution in [3.05, 3.63) is 78.5 Å². The summed E-state index contributed by atoms with van der Waals surface area (Å²) in [6.07, 6.45) is 5.55. The molecule has 4 aromatic heterocycles. The van der Waals surface area contributed by atoms with Gasteiger partial charge in [0, 0.05) is 30.4 Å². The van der Waals surface area contributed by atoms with Crippen molar-refractivity contribution < 1.29 is 9.18 Å². The maximum absolute atomic E-state index is 13.0. The van der Waals surface area contributed by atoms with E-state index in [2.05, 4.69) is 35.3 Å². The van der Waals surface area contributed by atoms with Gasteiger partial charge >= 0.3 is 0 Å². The van der Waals surface area contributed by atoms with Gasteiger partial charge in [-0.05, 0) is 24.3 Å². The third kappa shape index (κ3) is 4.13. The summed E-state index contributed by atoms with van der Waals surface area (Å²) in [5.41, 5.74) is 9.09. The molecule has 0 spiro atoms. The number of halogens is 1. The van der Waals surface area contributed by atoms with Gasteiger partial charge < -0.3 is 11.1 Å². The van der Waals surface area contributed by atoms with Gasteiger partial charge in [0.05, 0.1) is 30.1 Å². The van der Waals surface area contributed by atoms with Gasteiger partial charge in [0.2, 0.25) is 0 Å². The number of nitrogens with zero attached hydrogens (tertiary/aromatic N) is 7. The average Bonchev–Trinajstić information content (AvgIpc) is 3.29. The maximum Gasteiger partial charge on any atom is 0.274 e. The zero-order valence-electron chi connectivity index (χ0n) is 18.0. The van der Waals surface area contributed by atoms with Crippen LogP contribution in [0.2, 0.25) is 0 Å². The predicted molar refractivity (Wildman–Crippen MR) is 123 cm³/mol. The van der Waals surface area contributed by atoms with E-state index in [1.807, 2.05) is 30.3 Å². The highest BCUT2D eigenvalue weighted by molar-refractivity contribution is 5.98. The van der Waals surface area contributed by atoms with Gasteiger partial charge in [0.15, 0.2) is 17.3 Å². The van der Waals surface area contributed by atoms with Gasteiger partial charge in [-0.25, -0.2) is 24.3 Å². The van der Waals surface area contributed by atoms with Crippen molar-refractivity contribution in [3.8, 4) is 22.6 Å². The summed E-state index contributed by atoms with van der Waals surface area (Å²) in [7, 11) is 1.79. The molecule has 11 heteroatoms. The van der Waals surface area contributed by atoms with Crippen LogP contribution in [-0.4, -0.2) is 40.6 Å². The molecule has 1 amide bonds. The van der Waals surface area contributed by atoms with E-state index < -0.39 is 11.7 Å². The van der Waals surface area contributed by atoms with Crippen molar-refractivity contribution in [3.63, 3.8) is 0 Å². The number of aryl methyl sites for hydroxylation is 1. The van der Waals surface area contributed by atoms with Crippen molar-refractivity contribution in [2.75, 3.05) is 5.73 Å². The molecule has 3 N–H and O–H groups in total. The molecule has 0 aliphatic heterocycles. The average molecular weight is 455 g/mol. The first-order valence-electron chi connectivity index (χ1n) is 10.3. The van der Waals surface area contributed by atoms with Crippen LogP contribution in [0.4, 0.5) is 10.2 Å². The van der Waals surface area contributed by atoms with Gasteiger partial charge in [0.1, 0.15) is 17.2 Å². The molecular weight excluding hydrogens is 437 g/mol. The molecule has 168 valence electrons. The number of amides is 1. The number of fused-ring (bicyclic) bond motifs is 1. The number of hydrogen-bond donors (Lipinski definition) is 2. The largest absolute Gasteiger partial charge is 0.382 e. The predicted octanol–water partition coefficient (Wildman–Crippen LogP) is 2.53. The van der Waals surface area contributed by atoms with Crippen molar-refractivity contribution in [1.29, 1.82) is 0 Å². The Labute approximate surface area is 192 Å². The van der Waals surface area contributed by atoms with E-state index in [-0.39, 0.29) is 23.9 Å². The smallest absolute Gasteiger partial charge is 0.274 e. The van der Waals surface area contributed by atoms with Crippen LogP contribution in [0.3, 0.4) is 0 Å². The Hall–Kier alpha value is -4.80. The summed E-state index contributed by atoms with van der Waals surface area (Å²) in [5, 5.41) is 7.98. The quantitative estimate of drug-likeness (QED) is 0.412. The molecule has 0 saturated carbocycles. The van der Waals surface area contributed by atoms with E-state index in [0.717, 1.165) is 28.9 Å². The van der Waals surface area contributed by atoms with Crippen molar-refractivity contribution in [2.24, 2.45) is 7.05 Å². The first kappa shape index (κ1) is 21.1. The fraction of sp³-hybridized carbons (Fsp3) is 0.0870. The Morgan fingerprint density at radius 1 is 1.09 bits per heavy atom. The minimum Gasteiger partial charge on any atom is -0.382 e. The number of carbonyl (C=O) groups excluding carboxylic acids is 1. The highest BCUT2D eigenvalue weighted by Gasteiger charge is 2.21. The van der Waals surface area contributed by atoms with Gasteiger partial charge in [-0.3, -0.25) is 14.5 Å². The molecule has 0 radical (unpaired) electrons. The summed E-state index contributed by atoms with van der Waals surface area (Å²) in [6.45, 7) is -0.0286. The number of nitrogens with one attached hydrogen (secondary N) is 1. The first-order valence-corrected chi connectivity index (χ1v) is 10.3. The van der Waals surface area contributed by atoms with Gasteiger partial charge in [0.25, 0.3) is 5.91 Å². The van der Waals surface area contributed by atoms with E-state index in [9.17, 15) is 9.18 Å². The molecule has 0 fully saturated rings. The lowest BCUT2D eigenvalue weighted by Crippen LogP contribution is -2.26. The normalized spacial score (nSPS) is 11.0. The number of pyridine rings is 1. The van der Waals surface area contributed by atoms with Crippen molar-refractivity contribution in [1.82, 2.24) is 40.0 Å². The molecule has 4 heterocycles. The molecule has 0 bridgehead atoms. The van der Waals surface area contributed by atoms with Crippen LogP contribution >= 0.6 is 0 Å². The van der Waals surface area contributed by atoms with Crippen molar-refractivity contribution >= 4 is 22.6 Å². The molecule has 1 aromatic carbocycles. The molecule has 34 heavy (non-hydrogen) atoms. The first-order chi connectivity index (χ1) is 16.5. The Bertz CT molecular complexity index is 1520. The molecule has 0 aliphatic rings. The van der Waals surface area contributed by atoms with E-state index in [0.29, 0.717) is 17.1 Å². The Morgan fingerprint density at radius 2 is 1.91 bits per heavy atom. The summed E-state index contributed by atoms with van der Waals surface area (Å²) >= 11 is 0. The van der Waals surface area contributed by atoms with Crippen LogP contribution in [0.1, 0.15) is 16.3 Å². The number of carbonyl (C=O) groups is 1. The lowest BCUT2D eigenvalue weighted by atomic mass is 10.0. The SMILES string of the molecule is Cn1ccc(-c2nc(N)c(C(=O)NCc3ncc(F)cn3)nc2-c2ccc3ncccc3c2)n1. The third-order valence-corrected chi connectivity index (χ3v) is 5.05. The Morgan fingerprint density at radius 3 is 2.68 bits per heavy atom. The van der Waals surface area contributed by atoms with Crippen LogP contribution in [0.5, 0.6) is 0 Å². The number of nitrogen functional groups attached to an aromatic ring is 1. The van der Waals surface area contributed by atoms with Crippen LogP contribution in [-0.2, 0) is 13.6 Å². The van der Waals surface area contributed by atoms with E-state index in [1.165, 1.54) is 0 Å². The summed E-state index contributed by atoms with van der Waals surface area (Å²) < 4.78 is 14.7. The second-order valence-corrected chi connectivity index (χ2v) is 7.44. The summed E-state index contributed by atoms with van der Waals surface area (Å²) in [6, 6.07) is 11.2. The topological polar surface area (TPSA) is 137 Å².